The van der Waals surface area contributed by atoms with Gasteiger partial charge in [-0.15, -0.1) is 16.8 Å². The van der Waals surface area contributed by atoms with Gasteiger partial charge in [0, 0.05) is 17.6 Å². The zero-order valence-corrected chi connectivity index (χ0v) is 18.4. The number of hydrogen-bond donors (Lipinski definition) is 1. The van der Waals surface area contributed by atoms with Crippen LogP contribution in [0.4, 0.5) is 0 Å². The Balaban J connectivity index is 1.30. The molecule has 1 amide bonds. The number of aromatic nitrogens is 3. The predicted octanol–water partition coefficient (Wildman–Crippen LogP) is 4.70. The summed E-state index contributed by atoms with van der Waals surface area (Å²) in [5.41, 5.74) is 1.06. The first-order valence-corrected chi connectivity index (χ1v) is 12.0. The van der Waals surface area contributed by atoms with E-state index in [0.717, 1.165) is 34.3 Å². The van der Waals surface area contributed by atoms with Crippen LogP contribution in [0.3, 0.4) is 0 Å². The SMILES string of the molecule is C=CCn1c(S[C@H](C)C(=O)NC23CC4CC(CC(C4)C2)C3)nnc1-c1ccccc1. The Morgan fingerprint density at radius 3 is 2.43 bits per heavy atom. The summed E-state index contributed by atoms with van der Waals surface area (Å²) in [7, 11) is 0. The lowest BCUT2D eigenvalue weighted by molar-refractivity contribution is -0.126. The molecule has 4 saturated carbocycles. The van der Waals surface area contributed by atoms with Gasteiger partial charge in [0.15, 0.2) is 11.0 Å². The minimum atomic E-state index is -0.214. The van der Waals surface area contributed by atoms with E-state index >= 15 is 0 Å². The molecule has 0 radical (unpaired) electrons. The standard InChI is InChI=1S/C24H30N4OS/c1-3-9-28-21(20-7-5-4-6-8-20)26-27-23(28)30-16(2)22(29)25-24-13-17-10-18(14-24)12-19(11-17)15-24/h3-8,16-19H,1,9-15H2,2H3,(H,25,29)/t16-,17?,18?,19?,24?/m1/s1. The molecule has 4 fully saturated rings. The molecule has 4 bridgehead atoms. The minimum Gasteiger partial charge on any atom is -0.350 e. The van der Waals surface area contributed by atoms with Gasteiger partial charge in [0.25, 0.3) is 0 Å². The summed E-state index contributed by atoms with van der Waals surface area (Å²) in [6.07, 6.45) is 9.51. The Morgan fingerprint density at radius 1 is 1.20 bits per heavy atom. The molecule has 0 unspecified atom stereocenters. The van der Waals surface area contributed by atoms with E-state index in [-0.39, 0.29) is 16.7 Å². The van der Waals surface area contributed by atoms with E-state index in [1.807, 2.05) is 47.9 Å². The van der Waals surface area contributed by atoms with Crippen LogP contribution >= 0.6 is 11.8 Å². The zero-order valence-electron chi connectivity index (χ0n) is 17.6. The lowest BCUT2D eigenvalue weighted by atomic mass is 9.53. The Hall–Kier alpha value is -2.08. The van der Waals surface area contributed by atoms with Crippen LogP contribution in [0.5, 0.6) is 0 Å². The largest absolute Gasteiger partial charge is 0.350 e. The summed E-state index contributed by atoms with van der Waals surface area (Å²) in [5, 5.41) is 12.9. The molecule has 158 valence electrons. The summed E-state index contributed by atoms with van der Waals surface area (Å²) in [4.78, 5) is 13.2. The maximum Gasteiger partial charge on any atom is 0.233 e. The fraction of sp³-hybridized carbons (Fsp3) is 0.542. The van der Waals surface area contributed by atoms with E-state index in [0.29, 0.717) is 6.54 Å². The van der Waals surface area contributed by atoms with Crippen molar-refractivity contribution in [1.29, 1.82) is 0 Å². The molecule has 1 atom stereocenters. The van der Waals surface area contributed by atoms with Gasteiger partial charge in [0.2, 0.25) is 5.91 Å². The molecule has 1 heterocycles. The van der Waals surface area contributed by atoms with Crippen LogP contribution in [0.15, 0.2) is 48.1 Å². The maximum atomic E-state index is 13.2. The highest BCUT2D eigenvalue weighted by atomic mass is 32.2. The summed E-state index contributed by atoms with van der Waals surface area (Å²) < 4.78 is 2.04. The topological polar surface area (TPSA) is 59.8 Å². The van der Waals surface area contributed by atoms with Crippen molar-refractivity contribution in [2.75, 3.05) is 0 Å². The average molecular weight is 423 g/mol. The number of allylic oxidation sites excluding steroid dienone is 1. The van der Waals surface area contributed by atoms with E-state index in [2.05, 4.69) is 22.1 Å². The van der Waals surface area contributed by atoms with Crippen LogP contribution in [-0.4, -0.2) is 31.5 Å². The number of amides is 1. The summed E-state index contributed by atoms with van der Waals surface area (Å²) >= 11 is 1.49. The van der Waals surface area contributed by atoms with Gasteiger partial charge in [-0.1, -0.05) is 48.2 Å². The van der Waals surface area contributed by atoms with E-state index in [4.69, 9.17) is 0 Å². The lowest BCUT2D eigenvalue weighted by Gasteiger charge is -2.57. The molecule has 2 aromatic rings. The van der Waals surface area contributed by atoms with E-state index in [1.165, 1.54) is 50.3 Å². The van der Waals surface area contributed by atoms with Gasteiger partial charge in [-0.3, -0.25) is 9.36 Å². The van der Waals surface area contributed by atoms with Crippen molar-refractivity contribution in [2.24, 2.45) is 17.8 Å². The van der Waals surface area contributed by atoms with Crippen molar-refractivity contribution in [3.05, 3.63) is 43.0 Å². The summed E-state index contributed by atoms with van der Waals surface area (Å²) in [6, 6.07) is 10.0. The number of carbonyl (C=O) groups is 1. The van der Waals surface area contributed by atoms with Gasteiger partial charge in [-0.25, -0.2) is 0 Å². The molecule has 1 N–H and O–H groups in total. The molecular weight excluding hydrogens is 392 g/mol. The monoisotopic (exact) mass is 422 g/mol. The average Bonchev–Trinajstić information content (AvgIpc) is 3.10. The van der Waals surface area contributed by atoms with Crippen molar-refractivity contribution < 1.29 is 4.79 Å². The molecule has 0 saturated heterocycles. The van der Waals surface area contributed by atoms with Gasteiger partial charge >= 0.3 is 0 Å². The summed E-state index contributed by atoms with van der Waals surface area (Å²) in [6.45, 7) is 6.48. The fourth-order valence-corrected chi connectivity index (χ4v) is 7.17. The molecule has 0 spiro atoms. The molecule has 5 nitrogen and oxygen atoms in total. The number of carbonyl (C=O) groups excluding carboxylic acids is 1. The second-order valence-corrected chi connectivity index (χ2v) is 10.8. The molecule has 6 rings (SSSR count). The van der Waals surface area contributed by atoms with Crippen molar-refractivity contribution in [3.63, 3.8) is 0 Å². The highest BCUT2D eigenvalue weighted by Gasteiger charge is 2.51. The number of nitrogens with one attached hydrogen (secondary N) is 1. The van der Waals surface area contributed by atoms with Crippen LogP contribution in [0.1, 0.15) is 45.4 Å². The van der Waals surface area contributed by atoms with Crippen LogP contribution < -0.4 is 5.32 Å². The Kier molecular flexibility index (Phi) is 5.21. The molecule has 30 heavy (non-hydrogen) atoms. The Morgan fingerprint density at radius 2 is 1.83 bits per heavy atom. The molecule has 4 aliphatic rings. The molecule has 1 aromatic heterocycles. The fourth-order valence-electron chi connectivity index (χ4n) is 6.31. The van der Waals surface area contributed by atoms with Crippen LogP contribution in [0, 0.1) is 17.8 Å². The number of hydrogen-bond acceptors (Lipinski definition) is 4. The van der Waals surface area contributed by atoms with Crippen molar-refractivity contribution in [1.82, 2.24) is 20.1 Å². The first-order valence-electron chi connectivity index (χ1n) is 11.1. The normalized spacial score (nSPS) is 30.2. The smallest absolute Gasteiger partial charge is 0.233 e. The number of rotatable bonds is 7. The van der Waals surface area contributed by atoms with Gasteiger partial charge < -0.3 is 5.32 Å². The molecule has 0 aliphatic heterocycles. The number of nitrogens with zero attached hydrogens (tertiary/aromatic N) is 3. The Bertz CT molecular complexity index is 903. The van der Waals surface area contributed by atoms with Crippen LogP contribution in [-0.2, 0) is 11.3 Å². The number of thioether (sulfide) groups is 1. The first-order chi connectivity index (χ1) is 14.5. The zero-order chi connectivity index (χ0) is 20.7. The lowest BCUT2D eigenvalue weighted by Crippen LogP contribution is -2.60. The third-order valence-corrected chi connectivity index (χ3v) is 8.22. The highest BCUT2D eigenvalue weighted by Crippen LogP contribution is 2.55. The van der Waals surface area contributed by atoms with Crippen molar-refractivity contribution in [2.45, 2.75) is 67.9 Å². The third-order valence-electron chi connectivity index (χ3n) is 7.14. The highest BCUT2D eigenvalue weighted by molar-refractivity contribution is 8.00. The Labute approximate surface area is 182 Å². The second kappa shape index (κ2) is 7.88. The molecular formula is C24H30N4OS. The van der Waals surface area contributed by atoms with E-state index < -0.39 is 0 Å². The van der Waals surface area contributed by atoms with Crippen molar-refractivity contribution in [3.8, 4) is 11.4 Å². The van der Waals surface area contributed by atoms with Crippen LogP contribution in [0.2, 0.25) is 0 Å². The molecule has 6 heteroatoms. The van der Waals surface area contributed by atoms with Gasteiger partial charge in [-0.05, 0) is 63.2 Å². The van der Waals surface area contributed by atoms with Crippen LogP contribution in [0.25, 0.3) is 11.4 Å². The predicted molar refractivity (Wildman–Crippen MR) is 120 cm³/mol. The second-order valence-electron chi connectivity index (χ2n) is 9.52. The minimum absolute atomic E-state index is 0.0463. The number of benzene rings is 1. The van der Waals surface area contributed by atoms with Gasteiger partial charge in [-0.2, -0.15) is 0 Å². The van der Waals surface area contributed by atoms with Gasteiger partial charge in [0.1, 0.15) is 0 Å². The van der Waals surface area contributed by atoms with E-state index in [1.54, 1.807) is 0 Å². The van der Waals surface area contributed by atoms with E-state index in [9.17, 15) is 4.79 Å². The van der Waals surface area contributed by atoms with Gasteiger partial charge in [0.05, 0.1) is 5.25 Å². The first kappa shape index (κ1) is 19.9. The summed E-state index contributed by atoms with van der Waals surface area (Å²) in [5.74, 6) is 3.42. The third kappa shape index (κ3) is 3.70. The van der Waals surface area contributed by atoms with Crippen molar-refractivity contribution >= 4 is 17.7 Å². The quantitative estimate of drug-likeness (QED) is 0.519. The molecule has 1 aromatic carbocycles. The molecule has 4 aliphatic carbocycles. The maximum absolute atomic E-state index is 13.2.